The van der Waals surface area contributed by atoms with Gasteiger partial charge in [-0.15, -0.1) is 0 Å². The molecule has 0 unspecified atom stereocenters. The zero-order chi connectivity index (χ0) is 11.5. The molecule has 1 heterocycles. The number of hydrogen-bond acceptors (Lipinski definition) is 2. The normalized spacial score (nSPS) is 15.4. The molecule has 0 aliphatic heterocycles. The molecular formula is C12H13BrN2O. The van der Waals surface area contributed by atoms with E-state index in [1.807, 2.05) is 13.0 Å². The lowest BCUT2D eigenvalue weighted by atomic mass is 10.1. The standard InChI is InChI=1S/C12H13BrN2O/c1-8-6-10(7-14-11(8)13)15-12(16)9-4-2-3-5-9/h2-3,6-7,9H,4-5H2,1H3,(H,15,16). The molecule has 0 bridgehead atoms. The van der Waals surface area contributed by atoms with Crippen LogP contribution < -0.4 is 5.32 Å². The van der Waals surface area contributed by atoms with Crippen molar-refractivity contribution in [2.45, 2.75) is 19.8 Å². The fourth-order valence-corrected chi connectivity index (χ4v) is 1.92. The van der Waals surface area contributed by atoms with E-state index in [-0.39, 0.29) is 11.8 Å². The second-order valence-electron chi connectivity index (χ2n) is 3.96. The monoisotopic (exact) mass is 280 g/mol. The number of pyridine rings is 1. The first-order valence-corrected chi connectivity index (χ1v) is 6.04. The molecule has 4 heteroatoms. The first-order chi connectivity index (χ1) is 7.66. The Morgan fingerprint density at radius 2 is 2.19 bits per heavy atom. The van der Waals surface area contributed by atoms with E-state index in [0.29, 0.717) is 0 Å². The van der Waals surface area contributed by atoms with E-state index in [0.717, 1.165) is 28.7 Å². The molecule has 0 fully saturated rings. The second kappa shape index (κ2) is 4.78. The summed E-state index contributed by atoms with van der Waals surface area (Å²) in [6.45, 7) is 1.95. The van der Waals surface area contributed by atoms with Crippen molar-refractivity contribution < 1.29 is 4.79 Å². The van der Waals surface area contributed by atoms with Gasteiger partial charge < -0.3 is 5.32 Å². The number of nitrogens with zero attached hydrogens (tertiary/aromatic N) is 1. The minimum Gasteiger partial charge on any atom is -0.324 e. The number of aromatic nitrogens is 1. The molecule has 2 rings (SSSR count). The van der Waals surface area contributed by atoms with Crippen LogP contribution in [0.5, 0.6) is 0 Å². The van der Waals surface area contributed by atoms with Gasteiger partial charge in [-0.3, -0.25) is 4.79 Å². The van der Waals surface area contributed by atoms with Gasteiger partial charge in [-0.1, -0.05) is 12.2 Å². The van der Waals surface area contributed by atoms with Gasteiger partial charge in [-0.05, 0) is 47.3 Å². The van der Waals surface area contributed by atoms with Gasteiger partial charge in [-0.2, -0.15) is 0 Å². The molecule has 1 aromatic heterocycles. The maximum Gasteiger partial charge on any atom is 0.228 e. The Balaban J connectivity index is 2.03. The Labute approximate surface area is 103 Å². The molecule has 0 aromatic carbocycles. The zero-order valence-electron chi connectivity index (χ0n) is 9.03. The number of rotatable bonds is 2. The molecule has 1 aliphatic carbocycles. The van der Waals surface area contributed by atoms with Gasteiger partial charge in [0.15, 0.2) is 0 Å². The van der Waals surface area contributed by atoms with Gasteiger partial charge in [0.2, 0.25) is 5.91 Å². The third kappa shape index (κ3) is 2.50. The number of carbonyl (C=O) groups excluding carboxylic acids is 1. The minimum absolute atomic E-state index is 0.0773. The van der Waals surface area contributed by atoms with E-state index in [1.165, 1.54) is 0 Å². The Morgan fingerprint density at radius 3 is 2.81 bits per heavy atom. The van der Waals surface area contributed by atoms with E-state index < -0.39 is 0 Å². The van der Waals surface area contributed by atoms with Crippen molar-refractivity contribution in [1.29, 1.82) is 0 Å². The molecule has 1 amide bonds. The molecule has 0 atom stereocenters. The van der Waals surface area contributed by atoms with Crippen molar-refractivity contribution in [2.24, 2.45) is 5.92 Å². The number of aryl methyl sites for hydroxylation is 1. The summed E-state index contributed by atoms with van der Waals surface area (Å²) in [4.78, 5) is 16.0. The van der Waals surface area contributed by atoms with E-state index in [9.17, 15) is 4.79 Å². The molecule has 1 aliphatic rings. The maximum atomic E-state index is 11.8. The smallest absolute Gasteiger partial charge is 0.228 e. The van der Waals surface area contributed by atoms with Crippen LogP contribution in [0.3, 0.4) is 0 Å². The average molecular weight is 281 g/mol. The van der Waals surface area contributed by atoms with Crippen LogP contribution in [0.4, 0.5) is 5.69 Å². The zero-order valence-corrected chi connectivity index (χ0v) is 10.6. The van der Waals surface area contributed by atoms with Crippen molar-refractivity contribution in [1.82, 2.24) is 4.98 Å². The predicted octanol–water partition coefficient (Wildman–Crippen LogP) is 3.06. The average Bonchev–Trinajstić information content (AvgIpc) is 2.77. The van der Waals surface area contributed by atoms with Gasteiger partial charge in [0.25, 0.3) is 0 Å². The SMILES string of the molecule is Cc1cc(NC(=O)C2CC=CC2)cnc1Br. The molecule has 0 saturated carbocycles. The van der Waals surface area contributed by atoms with Gasteiger partial charge in [0, 0.05) is 5.92 Å². The third-order valence-corrected chi connectivity index (χ3v) is 3.49. The molecule has 84 valence electrons. The van der Waals surface area contributed by atoms with E-state index in [2.05, 4.69) is 38.4 Å². The highest BCUT2D eigenvalue weighted by Gasteiger charge is 2.19. The number of hydrogen-bond donors (Lipinski definition) is 1. The van der Waals surface area contributed by atoms with Crippen molar-refractivity contribution in [3.63, 3.8) is 0 Å². The molecule has 0 spiro atoms. The quantitative estimate of drug-likeness (QED) is 0.668. The van der Waals surface area contributed by atoms with Crippen LogP contribution >= 0.6 is 15.9 Å². The van der Waals surface area contributed by atoms with Crippen LogP contribution in [-0.4, -0.2) is 10.9 Å². The Hall–Kier alpha value is -1.16. The largest absolute Gasteiger partial charge is 0.324 e. The van der Waals surface area contributed by atoms with Gasteiger partial charge in [0.05, 0.1) is 11.9 Å². The molecule has 1 N–H and O–H groups in total. The van der Waals surface area contributed by atoms with Crippen molar-refractivity contribution in [3.8, 4) is 0 Å². The lowest BCUT2D eigenvalue weighted by molar-refractivity contribution is -0.119. The Morgan fingerprint density at radius 1 is 1.50 bits per heavy atom. The number of anilines is 1. The summed E-state index contributed by atoms with van der Waals surface area (Å²) < 4.78 is 0.813. The second-order valence-corrected chi connectivity index (χ2v) is 4.71. The first kappa shape index (κ1) is 11.3. The van der Waals surface area contributed by atoms with Gasteiger partial charge >= 0.3 is 0 Å². The third-order valence-electron chi connectivity index (χ3n) is 2.66. The molecule has 3 nitrogen and oxygen atoms in total. The van der Waals surface area contributed by atoms with Crippen LogP contribution in [0, 0.1) is 12.8 Å². The number of carbonyl (C=O) groups is 1. The number of nitrogens with one attached hydrogen (secondary N) is 1. The number of amides is 1. The summed E-state index contributed by atoms with van der Waals surface area (Å²) >= 11 is 3.33. The Bertz CT molecular complexity index is 435. The van der Waals surface area contributed by atoms with Crippen LogP contribution in [0.2, 0.25) is 0 Å². The van der Waals surface area contributed by atoms with E-state index in [4.69, 9.17) is 0 Å². The van der Waals surface area contributed by atoms with Crippen LogP contribution in [0.1, 0.15) is 18.4 Å². The highest BCUT2D eigenvalue weighted by molar-refractivity contribution is 9.10. The van der Waals surface area contributed by atoms with Crippen molar-refractivity contribution >= 4 is 27.5 Å². The fourth-order valence-electron chi connectivity index (χ4n) is 1.70. The molecular weight excluding hydrogens is 268 g/mol. The first-order valence-electron chi connectivity index (χ1n) is 5.25. The summed E-state index contributed by atoms with van der Waals surface area (Å²) in [5, 5.41) is 2.89. The van der Waals surface area contributed by atoms with Crippen LogP contribution in [-0.2, 0) is 4.79 Å². The summed E-state index contributed by atoms with van der Waals surface area (Å²) in [6, 6.07) is 1.91. The summed E-state index contributed by atoms with van der Waals surface area (Å²) in [5.74, 6) is 0.164. The van der Waals surface area contributed by atoms with Crippen LogP contribution in [0.15, 0.2) is 29.0 Å². The van der Waals surface area contributed by atoms with E-state index >= 15 is 0 Å². The number of allylic oxidation sites excluding steroid dienone is 2. The Kier molecular flexibility index (Phi) is 3.39. The molecule has 16 heavy (non-hydrogen) atoms. The maximum absolute atomic E-state index is 11.8. The molecule has 1 aromatic rings. The highest BCUT2D eigenvalue weighted by atomic mass is 79.9. The van der Waals surface area contributed by atoms with Crippen molar-refractivity contribution in [2.75, 3.05) is 5.32 Å². The fraction of sp³-hybridized carbons (Fsp3) is 0.333. The van der Waals surface area contributed by atoms with Gasteiger partial charge in [0.1, 0.15) is 4.60 Å². The summed E-state index contributed by atoms with van der Waals surface area (Å²) in [6.07, 6.45) is 7.45. The lowest BCUT2D eigenvalue weighted by Gasteiger charge is -2.10. The highest BCUT2D eigenvalue weighted by Crippen LogP contribution is 2.21. The molecule has 0 radical (unpaired) electrons. The summed E-state index contributed by atoms with van der Waals surface area (Å²) in [5.41, 5.74) is 1.78. The van der Waals surface area contributed by atoms with Crippen molar-refractivity contribution in [3.05, 3.63) is 34.6 Å². The minimum atomic E-state index is 0.0773. The topological polar surface area (TPSA) is 42.0 Å². The predicted molar refractivity (Wildman–Crippen MR) is 67.2 cm³/mol. The van der Waals surface area contributed by atoms with Gasteiger partial charge in [-0.25, -0.2) is 4.98 Å². The molecule has 0 saturated heterocycles. The lowest BCUT2D eigenvalue weighted by Crippen LogP contribution is -2.20. The van der Waals surface area contributed by atoms with Crippen LogP contribution in [0.25, 0.3) is 0 Å². The number of halogens is 1. The summed E-state index contributed by atoms with van der Waals surface area (Å²) in [7, 11) is 0. The van der Waals surface area contributed by atoms with E-state index in [1.54, 1.807) is 6.20 Å².